The fourth-order valence-electron chi connectivity index (χ4n) is 3.73. The number of amides is 3. The van der Waals surface area contributed by atoms with Crippen molar-refractivity contribution in [3.8, 4) is 11.5 Å². The van der Waals surface area contributed by atoms with Crippen LogP contribution >= 0.6 is 0 Å². The number of methoxy groups -OCH3 is 2. The third-order valence-electron chi connectivity index (χ3n) is 5.81. The minimum atomic E-state index is -0.436. The summed E-state index contributed by atoms with van der Waals surface area (Å²) in [7, 11) is 4.96. The summed E-state index contributed by atoms with van der Waals surface area (Å²) >= 11 is 0. The minimum Gasteiger partial charge on any atom is -0.497 e. The first-order valence-electron chi connectivity index (χ1n) is 11.3. The minimum absolute atomic E-state index is 0.0894. The van der Waals surface area contributed by atoms with Gasteiger partial charge in [-0.15, -0.1) is 0 Å². The number of benzene rings is 2. The topological polar surface area (TPSA) is 101 Å². The van der Waals surface area contributed by atoms with Crippen LogP contribution in [0.15, 0.2) is 42.5 Å². The molecule has 0 aromatic heterocycles. The summed E-state index contributed by atoms with van der Waals surface area (Å²) in [4.78, 5) is 27.5. The average Bonchev–Trinajstić information content (AvgIpc) is 2.83. The van der Waals surface area contributed by atoms with E-state index in [1.165, 1.54) is 0 Å². The highest BCUT2D eigenvalue weighted by Gasteiger charge is 2.25. The molecule has 0 spiro atoms. The summed E-state index contributed by atoms with van der Waals surface area (Å²) < 4.78 is 16.8. The number of fused-ring (bicyclic) bond motifs is 1. The van der Waals surface area contributed by atoms with Crippen molar-refractivity contribution in [1.29, 1.82) is 0 Å². The smallest absolute Gasteiger partial charge is 0.323 e. The molecule has 9 nitrogen and oxygen atoms in total. The van der Waals surface area contributed by atoms with Crippen molar-refractivity contribution in [3.63, 3.8) is 0 Å². The molecule has 3 rings (SSSR count). The molecule has 3 atom stereocenters. The second kappa shape index (κ2) is 11.7. The summed E-state index contributed by atoms with van der Waals surface area (Å²) in [5.41, 5.74) is 1.43. The Balaban J connectivity index is 1.81. The number of hydrogen-bond acceptors (Lipinski definition) is 6. The maximum absolute atomic E-state index is 13.3. The molecule has 0 radical (unpaired) electrons. The summed E-state index contributed by atoms with van der Waals surface area (Å²) in [5.74, 6) is 1.10. The van der Waals surface area contributed by atoms with Crippen LogP contribution in [-0.4, -0.2) is 69.9 Å². The second-order valence-corrected chi connectivity index (χ2v) is 8.58. The van der Waals surface area contributed by atoms with Gasteiger partial charge in [-0.25, -0.2) is 4.79 Å². The van der Waals surface area contributed by atoms with Gasteiger partial charge in [-0.3, -0.25) is 4.79 Å². The fraction of sp³-hybridized carbons (Fsp3) is 0.440. The van der Waals surface area contributed by atoms with Crippen LogP contribution in [0.25, 0.3) is 0 Å². The Labute approximate surface area is 200 Å². The predicted molar refractivity (Wildman–Crippen MR) is 132 cm³/mol. The quantitative estimate of drug-likeness (QED) is 0.633. The van der Waals surface area contributed by atoms with Crippen LogP contribution < -0.4 is 25.4 Å². The average molecular weight is 471 g/mol. The molecular weight excluding hydrogens is 436 g/mol. The molecule has 2 aromatic rings. The number of hydrogen-bond donors (Lipinski definition) is 3. The fourth-order valence-corrected chi connectivity index (χ4v) is 3.73. The van der Waals surface area contributed by atoms with Crippen molar-refractivity contribution in [2.45, 2.75) is 26.0 Å². The van der Waals surface area contributed by atoms with Crippen molar-refractivity contribution in [2.24, 2.45) is 5.92 Å². The van der Waals surface area contributed by atoms with Gasteiger partial charge in [0.2, 0.25) is 0 Å². The Kier molecular flexibility index (Phi) is 8.72. The lowest BCUT2D eigenvalue weighted by Crippen LogP contribution is -2.44. The standard InChI is InChI=1S/C25H34N4O5/c1-16-13-26-17(2)15-34-22-10-9-19(12-21(22)24(30)29(3)14-23(16)33-5)28-25(31)27-18-7-6-8-20(11-18)32-4/h6-12,16-17,23,26H,13-15H2,1-5H3,(H2,27,28,31)/t16-,17-,23+/m1/s1. The molecule has 1 aliphatic rings. The molecule has 1 aliphatic heterocycles. The summed E-state index contributed by atoms with van der Waals surface area (Å²) in [6.45, 7) is 5.71. The molecule has 9 heteroatoms. The zero-order valence-corrected chi connectivity index (χ0v) is 20.4. The van der Waals surface area contributed by atoms with Crippen molar-refractivity contribution in [2.75, 3.05) is 51.6 Å². The van der Waals surface area contributed by atoms with Gasteiger partial charge in [0.15, 0.2) is 0 Å². The van der Waals surface area contributed by atoms with E-state index in [9.17, 15) is 9.59 Å². The summed E-state index contributed by atoms with van der Waals surface area (Å²) in [5, 5.41) is 9.00. The Hall–Kier alpha value is -3.30. The molecule has 34 heavy (non-hydrogen) atoms. The number of ether oxygens (including phenoxy) is 3. The number of nitrogens with zero attached hydrogens (tertiary/aromatic N) is 1. The van der Waals surface area contributed by atoms with E-state index in [2.05, 4.69) is 22.9 Å². The normalized spacial score (nSPS) is 21.4. The number of urea groups is 1. The van der Waals surface area contributed by atoms with Crippen LogP contribution in [-0.2, 0) is 4.74 Å². The summed E-state index contributed by atoms with van der Waals surface area (Å²) in [6, 6.07) is 11.8. The number of carbonyl (C=O) groups excluding carboxylic acids is 2. The highest BCUT2D eigenvalue weighted by atomic mass is 16.5. The van der Waals surface area contributed by atoms with E-state index >= 15 is 0 Å². The van der Waals surface area contributed by atoms with Gasteiger partial charge in [0.05, 0.1) is 18.8 Å². The largest absolute Gasteiger partial charge is 0.497 e. The number of carbonyl (C=O) groups is 2. The molecule has 3 amide bonds. The highest BCUT2D eigenvalue weighted by Crippen LogP contribution is 2.26. The van der Waals surface area contributed by atoms with Crippen LogP contribution in [0.5, 0.6) is 11.5 Å². The van der Waals surface area contributed by atoms with Crippen LogP contribution in [0.1, 0.15) is 24.2 Å². The van der Waals surface area contributed by atoms with Crippen molar-refractivity contribution in [3.05, 3.63) is 48.0 Å². The Morgan fingerprint density at radius 2 is 1.85 bits per heavy atom. The molecule has 3 N–H and O–H groups in total. The van der Waals surface area contributed by atoms with Crippen molar-refractivity contribution < 1.29 is 23.8 Å². The molecule has 184 valence electrons. The summed E-state index contributed by atoms with van der Waals surface area (Å²) in [6.07, 6.45) is -0.118. The van der Waals surface area contributed by atoms with Gasteiger partial charge in [-0.2, -0.15) is 0 Å². The van der Waals surface area contributed by atoms with Crippen molar-refractivity contribution in [1.82, 2.24) is 10.2 Å². The van der Waals surface area contributed by atoms with Gasteiger partial charge in [0.1, 0.15) is 18.1 Å². The lowest BCUT2D eigenvalue weighted by atomic mass is 10.0. The van der Waals surface area contributed by atoms with Crippen LogP contribution in [0.2, 0.25) is 0 Å². The third kappa shape index (κ3) is 6.61. The van der Waals surface area contributed by atoms with Crippen LogP contribution in [0, 0.1) is 5.92 Å². The lowest BCUT2D eigenvalue weighted by Gasteiger charge is -2.30. The first-order valence-corrected chi connectivity index (χ1v) is 11.3. The molecule has 0 unspecified atom stereocenters. The van der Waals surface area contributed by atoms with E-state index in [-0.39, 0.29) is 24.0 Å². The Morgan fingerprint density at radius 3 is 2.56 bits per heavy atom. The maximum atomic E-state index is 13.3. The molecule has 0 saturated carbocycles. The van der Waals surface area contributed by atoms with Gasteiger partial charge < -0.3 is 35.1 Å². The molecule has 0 fully saturated rings. The van der Waals surface area contributed by atoms with Gasteiger partial charge in [-0.1, -0.05) is 13.0 Å². The first-order chi connectivity index (χ1) is 16.3. The number of rotatable bonds is 4. The molecule has 0 aliphatic carbocycles. The molecule has 0 bridgehead atoms. The number of likely N-dealkylation sites (N-methyl/N-ethyl adjacent to an activating group) is 1. The molecule has 0 saturated heterocycles. The van der Waals surface area contributed by atoms with Crippen LogP contribution in [0.4, 0.5) is 16.2 Å². The van der Waals surface area contributed by atoms with E-state index < -0.39 is 6.03 Å². The Bertz CT molecular complexity index is 999. The second-order valence-electron chi connectivity index (χ2n) is 8.58. The maximum Gasteiger partial charge on any atom is 0.323 e. The van der Waals surface area contributed by atoms with Crippen molar-refractivity contribution >= 4 is 23.3 Å². The van der Waals surface area contributed by atoms with E-state index in [0.29, 0.717) is 41.6 Å². The molecular formula is C25H34N4O5. The van der Waals surface area contributed by atoms with Gasteiger partial charge >= 0.3 is 6.03 Å². The number of nitrogens with one attached hydrogen (secondary N) is 3. The van der Waals surface area contributed by atoms with Gasteiger partial charge in [0, 0.05) is 50.7 Å². The van der Waals surface area contributed by atoms with E-state index in [1.54, 1.807) is 68.6 Å². The Morgan fingerprint density at radius 1 is 1.12 bits per heavy atom. The van der Waals surface area contributed by atoms with Gasteiger partial charge in [0.25, 0.3) is 5.91 Å². The third-order valence-corrected chi connectivity index (χ3v) is 5.81. The SMILES string of the molecule is COc1cccc(NC(=O)Nc2ccc3c(c2)C(=O)N(C)C[C@H](OC)[C@H](C)CN[C@H](C)CO3)c1. The molecule has 1 heterocycles. The predicted octanol–water partition coefficient (Wildman–Crippen LogP) is 3.43. The first kappa shape index (κ1) is 25.3. The van der Waals surface area contributed by atoms with Crippen LogP contribution in [0.3, 0.4) is 0 Å². The zero-order chi connectivity index (χ0) is 24.7. The highest BCUT2D eigenvalue weighted by molar-refractivity contribution is 6.02. The lowest BCUT2D eigenvalue weighted by molar-refractivity contribution is 0.0281. The molecule has 2 aromatic carbocycles. The van der Waals surface area contributed by atoms with E-state index in [1.807, 2.05) is 6.92 Å². The van der Waals surface area contributed by atoms with Gasteiger partial charge in [-0.05, 0) is 43.2 Å². The van der Waals surface area contributed by atoms with E-state index in [0.717, 1.165) is 6.54 Å². The zero-order valence-electron chi connectivity index (χ0n) is 20.4. The number of anilines is 2. The monoisotopic (exact) mass is 470 g/mol. The van der Waals surface area contributed by atoms with E-state index in [4.69, 9.17) is 14.2 Å².